The minimum absolute atomic E-state index is 0.269. The van der Waals surface area contributed by atoms with Crippen LogP contribution in [0.4, 0.5) is 0 Å². The van der Waals surface area contributed by atoms with Gasteiger partial charge in [-0.2, -0.15) is 0 Å². The first-order valence-electron chi connectivity index (χ1n) is 9.75. The van der Waals surface area contributed by atoms with E-state index >= 15 is 0 Å². The summed E-state index contributed by atoms with van der Waals surface area (Å²) in [5.41, 5.74) is 1.94. The highest BCUT2D eigenvalue weighted by atomic mass is 16.2. The summed E-state index contributed by atoms with van der Waals surface area (Å²) in [4.78, 5) is 40.5. The Hall–Kier alpha value is -3.93. The highest BCUT2D eigenvalue weighted by Gasteiger charge is 2.11. The number of carbonyl (C=O) groups is 1. The van der Waals surface area contributed by atoms with Crippen LogP contribution in [-0.2, 0) is 19.5 Å². The summed E-state index contributed by atoms with van der Waals surface area (Å²) in [7, 11) is 0. The van der Waals surface area contributed by atoms with Crippen LogP contribution < -0.4 is 16.6 Å². The molecule has 0 unspecified atom stereocenters. The summed E-state index contributed by atoms with van der Waals surface area (Å²) in [6, 6.07) is 24.0. The summed E-state index contributed by atoms with van der Waals surface area (Å²) in [5.74, 6) is -0.269. The van der Waals surface area contributed by atoms with Gasteiger partial charge in [-0.3, -0.25) is 14.2 Å². The molecule has 4 aromatic rings. The minimum atomic E-state index is -0.481. The number of aromatic nitrogens is 2. The normalized spacial score (nSPS) is 10.8. The van der Waals surface area contributed by atoms with Crippen LogP contribution in [0.3, 0.4) is 0 Å². The predicted molar refractivity (Wildman–Crippen MR) is 117 cm³/mol. The van der Waals surface area contributed by atoms with Crippen molar-refractivity contribution >= 4 is 16.8 Å². The Morgan fingerprint density at radius 1 is 0.867 bits per heavy atom. The molecule has 4 rings (SSSR count). The SMILES string of the molecule is O=C(NCc1ccccc1)c1ccc2c(=O)n(CCc3ccccc3)c(=O)[nH]c2c1. The molecule has 3 aromatic carbocycles. The molecule has 0 saturated carbocycles. The van der Waals surface area contributed by atoms with Crippen molar-refractivity contribution in [2.24, 2.45) is 0 Å². The zero-order chi connectivity index (χ0) is 20.9. The number of carbonyl (C=O) groups excluding carboxylic acids is 1. The fourth-order valence-corrected chi connectivity index (χ4v) is 3.36. The van der Waals surface area contributed by atoms with E-state index in [4.69, 9.17) is 0 Å². The van der Waals surface area contributed by atoms with Crippen LogP contribution in [0.1, 0.15) is 21.5 Å². The molecule has 0 fully saturated rings. The fraction of sp³-hybridized carbons (Fsp3) is 0.125. The lowest BCUT2D eigenvalue weighted by molar-refractivity contribution is 0.0951. The van der Waals surface area contributed by atoms with Crippen LogP contribution in [0.15, 0.2) is 88.5 Å². The molecule has 0 atom stereocenters. The van der Waals surface area contributed by atoms with Crippen molar-refractivity contribution in [3.05, 3.63) is 116 Å². The van der Waals surface area contributed by atoms with Gasteiger partial charge in [-0.05, 0) is 35.7 Å². The maximum Gasteiger partial charge on any atom is 0.328 e. The largest absolute Gasteiger partial charge is 0.348 e. The van der Waals surface area contributed by atoms with Gasteiger partial charge in [-0.25, -0.2) is 4.79 Å². The Morgan fingerprint density at radius 2 is 1.53 bits per heavy atom. The summed E-state index contributed by atoms with van der Waals surface area (Å²) in [6.07, 6.45) is 0.579. The molecule has 6 nitrogen and oxygen atoms in total. The van der Waals surface area contributed by atoms with Gasteiger partial charge in [0.15, 0.2) is 0 Å². The summed E-state index contributed by atoms with van der Waals surface area (Å²) in [6.45, 7) is 0.683. The Morgan fingerprint density at radius 3 is 2.23 bits per heavy atom. The quantitative estimate of drug-likeness (QED) is 0.523. The third-order valence-corrected chi connectivity index (χ3v) is 5.01. The average molecular weight is 399 g/mol. The number of nitrogens with zero attached hydrogens (tertiary/aromatic N) is 1. The van der Waals surface area contributed by atoms with Crippen molar-refractivity contribution in [1.82, 2.24) is 14.9 Å². The highest BCUT2D eigenvalue weighted by molar-refractivity contribution is 5.97. The van der Waals surface area contributed by atoms with Gasteiger partial charge in [0, 0.05) is 18.7 Å². The zero-order valence-corrected chi connectivity index (χ0v) is 16.3. The number of aromatic amines is 1. The average Bonchev–Trinajstić information content (AvgIpc) is 2.78. The van der Waals surface area contributed by atoms with Crippen molar-refractivity contribution in [2.45, 2.75) is 19.5 Å². The Labute approximate surface area is 172 Å². The lowest BCUT2D eigenvalue weighted by Crippen LogP contribution is -2.35. The van der Waals surface area contributed by atoms with Gasteiger partial charge >= 0.3 is 5.69 Å². The molecule has 0 aliphatic rings. The van der Waals surface area contributed by atoms with Crippen molar-refractivity contribution in [3.8, 4) is 0 Å². The Kier molecular flexibility index (Phi) is 5.57. The molecule has 30 heavy (non-hydrogen) atoms. The summed E-state index contributed by atoms with van der Waals surface area (Å²) >= 11 is 0. The zero-order valence-electron chi connectivity index (χ0n) is 16.3. The number of aryl methyl sites for hydroxylation is 1. The first-order valence-corrected chi connectivity index (χ1v) is 9.75. The number of amides is 1. The molecule has 6 heteroatoms. The van der Waals surface area contributed by atoms with Gasteiger partial charge < -0.3 is 10.3 Å². The van der Waals surface area contributed by atoms with Crippen LogP contribution in [0.25, 0.3) is 10.9 Å². The number of nitrogens with one attached hydrogen (secondary N) is 2. The van der Waals surface area contributed by atoms with E-state index in [1.807, 2.05) is 60.7 Å². The standard InChI is InChI=1S/C24H21N3O3/c28-22(25-16-18-9-5-2-6-10-18)19-11-12-20-21(15-19)26-24(30)27(23(20)29)14-13-17-7-3-1-4-8-17/h1-12,15H,13-14,16H2,(H,25,28)(H,26,30). The molecule has 0 spiro atoms. The molecule has 2 N–H and O–H groups in total. The number of hydrogen-bond acceptors (Lipinski definition) is 3. The third-order valence-electron chi connectivity index (χ3n) is 5.01. The molecule has 1 aromatic heterocycles. The second-order valence-electron chi connectivity index (χ2n) is 7.05. The molecule has 1 heterocycles. The van der Waals surface area contributed by atoms with Crippen molar-refractivity contribution in [3.63, 3.8) is 0 Å². The fourth-order valence-electron chi connectivity index (χ4n) is 3.36. The van der Waals surface area contributed by atoms with Crippen LogP contribution in [0.2, 0.25) is 0 Å². The molecular formula is C24H21N3O3. The molecule has 0 bridgehead atoms. The number of rotatable bonds is 6. The van der Waals surface area contributed by atoms with Crippen LogP contribution in [0, 0.1) is 0 Å². The number of H-pyrrole nitrogens is 1. The van der Waals surface area contributed by atoms with Gasteiger partial charge in [-0.15, -0.1) is 0 Å². The van der Waals surface area contributed by atoms with E-state index in [2.05, 4.69) is 10.3 Å². The molecule has 150 valence electrons. The molecule has 0 aliphatic heterocycles. The molecule has 1 amide bonds. The van der Waals surface area contributed by atoms with Crippen molar-refractivity contribution < 1.29 is 4.79 Å². The van der Waals surface area contributed by atoms with E-state index in [-0.39, 0.29) is 18.0 Å². The lowest BCUT2D eigenvalue weighted by Gasteiger charge is -2.09. The lowest BCUT2D eigenvalue weighted by atomic mass is 10.1. The summed E-state index contributed by atoms with van der Waals surface area (Å²) in [5, 5.41) is 3.22. The molecular weight excluding hydrogens is 378 g/mol. The number of hydrogen-bond donors (Lipinski definition) is 2. The second kappa shape index (κ2) is 8.61. The first kappa shape index (κ1) is 19.4. The summed E-state index contributed by atoms with van der Waals surface area (Å²) < 4.78 is 1.20. The van der Waals surface area contributed by atoms with Crippen LogP contribution >= 0.6 is 0 Å². The molecule has 0 radical (unpaired) electrons. The van der Waals surface area contributed by atoms with Gasteiger partial charge in [0.05, 0.1) is 10.9 Å². The van der Waals surface area contributed by atoms with E-state index in [9.17, 15) is 14.4 Å². The molecule has 0 saturated heterocycles. The van der Waals surface area contributed by atoms with Crippen molar-refractivity contribution in [2.75, 3.05) is 0 Å². The smallest absolute Gasteiger partial charge is 0.328 e. The first-order chi connectivity index (χ1) is 14.6. The van der Waals surface area contributed by atoms with Gasteiger partial charge in [-0.1, -0.05) is 60.7 Å². The Balaban J connectivity index is 1.55. The maximum atomic E-state index is 12.8. The molecule has 0 aliphatic carbocycles. The monoisotopic (exact) mass is 399 g/mol. The van der Waals surface area contributed by atoms with Crippen LogP contribution in [0.5, 0.6) is 0 Å². The number of fused-ring (bicyclic) bond motifs is 1. The van der Waals surface area contributed by atoms with Gasteiger partial charge in [0.1, 0.15) is 0 Å². The number of benzene rings is 3. The van der Waals surface area contributed by atoms with Gasteiger partial charge in [0.2, 0.25) is 0 Å². The van der Waals surface area contributed by atoms with E-state index < -0.39 is 5.69 Å². The van der Waals surface area contributed by atoms with E-state index in [0.29, 0.717) is 29.4 Å². The second-order valence-corrected chi connectivity index (χ2v) is 7.05. The van der Waals surface area contributed by atoms with E-state index in [1.54, 1.807) is 18.2 Å². The Bertz CT molecular complexity index is 1290. The van der Waals surface area contributed by atoms with E-state index in [1.165, 1.54) is 4.57 Å². The maximum absolute atomic E-state index is 12.8. The van der Waals surface area contributed by atoms with Crippen molar-refractivity contribution in [1.29, 1.82) is 0 Å². The highest BCUT2D eigenvalue weighted by Crippen LogP contribution is 2.10. The third kappa shape index (κ3) is 4.22. The minimum Gasteiger partial charge on any atom is -0.348 e. The van der Waals surface area contributed by atoms with E-state index in [0.717, 1.165) is 11.1 Å². The predicted octanol–water partition coefficient (Wildman–Crippen LogP) is 2.86. The van der Waals surface area contributed by atoms with Crippen LogP contribution in [-0.4, -0.2) is 15.5 Å². The van der Waals surface area contributed by atoms with Gasteiger partial charge in [0.25, 0.3) is 11.5 Å². The topological polar surface area (TPSA) is 84.0 Å².